The van der Waals surface area contributed by atoms with Crippen molar-refractivity contribution in [1.29, 1.82) is 0 Å². The summed E-state index contributed by atoms with van der Waals surface area (Å²) >= 11 is 0. The Kier molecular flexibility index (Phi) is 10.4. The fourth-order valence-electron chi connectivity index (χ4n) is 2.67. The van der Waals surface area contributed by atoms with Crippen LogP contribution in [0, 0.1) is 0 Å². The first-order chi connectivity index (χ1) is 15.0. The number of carboxylic acid groups (broad SMARTS) is 2. The van der Waals surface area contributed by atoms with Crippen molar-refractivity contribution in [2.45, 2.75) is 43.8 Å². The van der Waals surface area contributed by atoms with Gasteiger partial charge < -0.3 is 43.2 Å². The average Bonchev–Trinajstić information content (AvgIpc) is 2.70. The van der Waals surface area contributed by atoms with Gasteiger partial charge in [0, 0.05) is 13.0 Å². The Morgan fingerprint density at radius 3 is 2.09 bits per heavy atom. The standard InChI is InChI=1S/C19H28N6O7/c20-12(9-15(27)28)16(29)25-14(8-10-3-5-11(26)6-4-10)17(30)24-13(18(31)32)2-1-7-23-19(21)22/h3-6,12-14,26H,1-2,7-9,20H2,(H,24,30)(H,25,29)(H,27,28)(H,31,32)(H4,21,22,23). The van der Waals surface area contributed by atoms with Gasteiger partial charge in [0.15, 0.2) is 5.96 Å². The van der Waals surface area contributed by atoms with Crippen LogP contribution in [0.15, 0.2) is 29.3 Å². The van der Waals surface area contributed by atoms with E-state index >= 15 is 0 Å². The molecule has 0 spiro atoms. The minimum absolute atomic E-state index is 0.00557. The highest BCUT2D eigenvalue weighted by molar-refractivity contribution is 5.93. The molecule has 1 rings (SSSR count). The molecular weight excluding hydrogens is 424 g/mol. The molecule has 13 heteroatoms. The SMILES string of the molecule is NC(N)=NCCCC(NC(=O)C(Cc1ccc(O)cc1)NC(=O)C(N)CC(=O)O)C(=O)O. The lowest BCUT2D eigenvalue weighted by Crippen LogP contribution is -2.55. The minimum atomic E-state index is -1.41. The molecule has 11 N–H and O–H groups in total. The monoisotopic (exact) mass is 452 g/mol. The Morgan fingerprint density at radius 1 is 0.969 bits per heavy atom. The first-order valence-electron chi connectivity index (χ1n) is 9.63. The van der Waals surface area contributed by atoms with Gasteiger partial charge in [-0.05, 0) is 30.5 Å². The lowest BCUT2D eigenvalue weighted by molar-refractivity contribution is -0.143. The molecule has 0 saturated carbocycles. The molecule has 3 unspecified atom stereocenters. The van der Waals surface area contributed by atoms with Crippen LogP contribution in [0.1, 0.15) is 24.8 Å². The molecule has 0 fully saturated rings. The summed E-state index contributed by atoms with van der Waals surface area (Å²) in [7, 11) is 0. The molecule has 0 saturated heterocycles. The minimum Gasteiger partial charge on any atom is -0.508 e. The smallest absolute Gasteiger partial charge is 0.326 e. The predicted molar refractivity (Wildman–Crippen MR) is 113 cm³/mol. The number of guanidine groups is 1. The third kappa shape index (κ3) is 9.75. The second kappa shape index (κ2) is 12.7. The van der Waals surface area contributed by atoms with E-state index in [0.29, 0.717) is 5.56 Å². The number of carbonyl (C=O) groups is 4. The molecule has 176 valence electrons. The number of carbonyl (C=O) groups excluding carboxylic acids is 2. The maximum Gasteiger partial charge on any atom is 0.326 e. The molecule has 2 amide bonds. The number of phenols is 1. The van der Waals surface area contributed by atoms with Crippen molar-refractivity contribution in [3.05, 3.63) is 29.8 Å². The van der Waals surface area contributed by atoms with Gasteiger partial charge in [-0.25, -0.2) is 4.79 Å². The summed E-state index contributed by atoms with van der Waals surface area (Å²) < 4.78 is 0. The van der Waals surface area contributed by atoms with Crippen LogP contribution in [0.2, 0.25) is 0 Å². The van der Waals surface area contributed by atoms with Gasteiger partial charge in [0.05, 0.1) is 12.5 Å². The van der Waals surface area contributed by atoms with Crippen molar-refractivity contribution in [2.75, 3.05) is 6.54 Å². The highest BCUT2D eigenvalue weighted by Crippen LogP contribution is 2.12. The van der Waals surface area contributed by atoms with E-state index in [1.165, 1.54) is 24.3 Å². The van der Waals surface area contributed by atoms with Gasteiger partial charge in [-0.3, -0.25) is 19.4 Å². The number of hydrogen-bond acceptors (Lipinski definition) is 7. The largest absolute Gasteiger partial charge is 0.508 e. The van der Waals surface area contributed by atoms with Crippen molar-refractivity contribution in [1.82, 2.24) is 10.6 Å². The number of nitrogens with one attached hydrogen (secondary N) is 2. The molecule has 1 aromatic carbocycles. The number of nitrogens with two attached hydrogens (primary N) is 3. The molecule has 0 aliphatic carbocycles. The zero-order valence-corrected chi connectivity index (χ0v) is 17.2. The van der Waals surface area contributed by atoms with Gasteiger partial charge in [-0.2, -0.15) is 0 Å². The second-order valence-corrected chi connectivity index (χ2v) is 6.98. The Bertz CT molecular complexity index is 839. The Labute approximate surface area is 183 Å². The van der Waals surface area contributed by atoms with Crippen molar-refractivity contribution in [3.63, 3.8) is 0 Å². The van der Waals surface area contributed by atoms with E-state index < -0.39 is 48.3 Å². The van der Waals surface area contributed by atoms with Crippen molar-refractivity contribution in [2.24, 2.45) is 22.2 Å². The quantitative estimate of drug-likeness (QED) is 0.0915. The summed E-state index contributed by atoms with van der Waals surface area (Å²) in [5, 5.41) is 32.3. The van der Waals surface area contributed by atoms with E-state index in [1.54, 1.807) is 0 Å². The average molecular weight is 452 g/mol. The summed E-state index contributed by atoms with van der Waals surface area (Å²) in [5.74, 6) is -4.42. The third-order valence-corrected chi connectivity index (χ3v) is 4.30. The highest BCUT2D eigenvalue weighted by atomic mass is 16.4. The molecule has 0 aliphatic heterocycles. The zero-order valence-electron chi connectivity index (χ0n) is 17.2. The molecular formula is C19H28N6O7. The predicted octanol–water partition coefficient (Wildman–Crippen LogP) is -2.16. The molecule has 0 heterocycles. The molecule has 0 aliphatic rings. The summed E-state index contributed by atoms with van der Waals surface area (Å²) in [6, 6.07) is 1.87. The fourth-order valence-corrected chi connectivity index (χ4v) is 2.67. The van der Waals surface area contributed by atoms with E-state index in [9.17, 15) is 29.4 Å². The lowest BCUT2D eigenvalue weighted by atomic mass is 10.0. The summed E-state index contributed by atoms with van der Waals surface area (Å²) in [6.45, 7) is 0.166. The van der Waals surface area contributed by atoms with E-state index in [4.69, 9.17) is 22.3 Å². The number of hydrogen-bond donors (Lipinski definition) is 8. The Balaban J connectivity index is 2.94. The third-order valence-electron chi connectivity index (χ3n) is 4.30. The number of carboxylic acids is 2. The first-order valence-corrected chi connectivity index (χ1v) is 9.63. The molecule has 0 aromatic heterocycles. The molecule has 0 bridgehead atoms. The summed E-state index contributed by atoms with van der Waals surface area (Å²) in [4.78, 5) is 51.1. The van der Waals surface area contributed by atoms with E-state index in [0.717, 1.165) is 0 Å². The van der Waals surface area contributed by atoms with Gasteiger partial charge in [0.1, 0.15) is 17.8 Å². The number of benzene rings is 1. The van der Waals surface area contributed by atoms with Gasteiger partial charge in [0.2, 0.25) is 11.8 Å². The van der Waals surface area contributed by atoms with E-state index in [-0.39, 0.29) is 37.5 Å². The fraction of sp³-hybridized carbons (Fsp3) is 0.421. The van der Waals surface area contributed by atoms with E-state index in [1.807, 2.05) is 0 Å². The number of amides is 2. The highest BCUT2D eigenvalue weighted by Gasteiger charge is 2.28. The van der Waals surface area contributed by atoms with Gasteiger partial charge in [0.25, 0.3) is 0 Å². The maximum atomic E-state index is 12.8. The van der Waals surface area contributed by atoms with Crippen LogP contribution < -0.4 is 27.8 Å². The lowest BCUT2D eigenvalue weighted by Gasteiger charge is -2.23. The summed E-state index contributed by atoms with van der Waals surface area (Å²) in [6.07, 6.45) is -0.413. The van der Waals surface area contributed by atoms with Crippen LogP contribution in [0.5, 0.6) is 5.75 Å². The van der Waals surface area contributed by atoms with Crippen LogP contribution in [0.3, 0.4) is 0 Å². The van der Waals surface area contributed by atoms with Crippen LogP contribution in [0.25, 0.3) is 0 Å². The van der Waals surface area contributed by atoms with Crippen molar-refractivity contribution in [3.8, 4) is 5.75 Å². The van der Waals surface area contributed by atoms with Crippen molar-refractivity contribution >= 4 is 29.7 Å². The van der Waals surface area contributed by atoms with Crippen molar-refractivity contribution < 1.29 is 34.5 Å². The number of nitrogens with zero attached hydrogens (tertiary/aromatic N) is 1. The maximum absolute atomic E-state index is 12.8. The van der Waals surface area contributed by atoms with Gasteiger partial charge in [-0.15, -0.1) is 0 Å². The molecule has 3 atom stereocenters. The topological polar surface area (TPSA) is 243 Å². The van der Waals surface area contributed by atoms with E-state index in [2.05, 4.69) is 15.6 Å². The first kappa shape index (κ1) is 26.2. The number of aliphatic imine (C=N–C) groups is 1. The molecule has 0 radical (unpaired) electrons. The van der Waals surface area contributed by atoms with Crippen LogP contribution in [0.4, 0.5) is 0 Å². The van der Waals surface area contributed by atoms with Crippen LogP contribution in [-0.4, -0.2) is 69.7 Å². The number of phenolic OH excluding ortho intramolecular Hbond substituents is 1. The normalized spacial score (nSPS) is 13.3. The molecule has 32 heavy (non-hydrogen) atoms. The second-order valence-electron chi connectivity index (χ2n) is 6.98. The van der Waals surface area contributed by atoms with Crippen LogP contribution >= 0.6 is 0 Å². The number of aliphatic carboxylic acids is 2. The number of rotatable bonds is 13. The summed E-state index contributed by atoms with van der Waals surface area (Å²) in [5.41, 5.74) is 16.5. The number of aromatic hydroxyl groups is 1. The Morgan fingerprint density at radius 2 is 1.56 bits per heavy atom. The molecule has 13 nitrogen and oxygen atoms in total. The van der Waals surface area contributed by atoms with Crippen LogP contribution in [-0.2, 0) is 25.6 Å². The Hall–Kier alpha value is -3.87. The van der Waals surface area contributed by atoms with Gasteiger partial charge in [-0.1, -0.05) is 12.1 Å². The van der Waals surface area contributed by atoms with Gasteiger partial charge >= 0.3 is 11.9 Å². The molecule has 1 aromatic rings. The zero-order chi connectivity index (χ0) is 24.3.